The van der Waals surface area contributed by atoms with E-state index in [4.69, 9.17) is 0 Å². The molecule has 3 aromatic rings. The topological polar surface area (TPSA) is 76.1 Å². The second-order valence-electron chi connectivity index (χ2n) is 5.71. The smallest absolute Gasteiger partial charge is 0.230 e. The number of fused-ring (bicyclic) bond motifs is 1. The normalized spacial score (nSPS) is 11.6. The van der Waals surface area contributed by atoms with Crippen molar-refractivity contribution in [3.05, 3.63) is 53.6 Å². The number of aryl methyl sites for hydroxylation is 1. The number of nitrogens with zero attached hydrogens (tertiary/aromatic N) is 1. The van der Waals surface area contributed by atoms with Gasteiger partial charge < -0.3 is 5.32 Å². The molecule has 0 aliphatic heterocycles. The molecule has 0 saturated heterocycles. The fourth-order valence-corrected chi connectivity index (χ4v) is 4.31. The molecule has 2 aromatic carbocycles. The van der Waals surface area contributed by atoms with E-state index in [0.29, 0.717) is 5.13 Å². The van der Waals surface area contributed by atoms with Crippen molar-refractivity contribution in [3.8, 4) is 0 Å². The van der Waals surface area contributed by atoms with Crippen molar-refractivity contribution in [2.24, 2.45) is 0 Å². The second kappa shape index (κ2) is 6.93. The number of nitrogens with one attached hydrogen (secondary N) is 1. The third-order valence-corrected chi connectivity index (χ3v) is 6.58. The molecule has 0 radical (unpaired) electrons. The summed E-state index contributed by atoms with van der Waals surface area (Å²) in [6.07, 6.45) is 0.168. The molecule has 0 aliphatic rings. The van der Waals surface area contributed by atoms with Crippen molar-refractivity contribution in [2.75, 3.05) is 11.1 Å². The molecule has 0 saturated carbocycles. The average molecular weight is 374 g/mol. The average Bonchev–Trinajstić information content (AvgIpc) is 2.99. The number of para-hydroxylation sites is 1. The monoisotopic (exact) mass is 374 g/mol. The van der Waals surface area contributed by atoms with E-state index in [1.807, 2.05) is 25.1 Å². The zero-order chi connectivity index (χ0) is 18.0. The third-order valence-electron chi connectivity index (χ3n) is 3.89. The van der Waals surface area contributed by atoms with Crippen molar-refractivity contribution >= 4 is 42.4 Å². The van der Waals surface area contributed by atoms with E-state index in [-0.39, 0.29) is 23.0 Å². The molecule has 7 heteroatoms. The molecular formula is C18H18N2O3S2. The number of benzene rings is 2. The summed E-state index contributed by atoms with van der Waals surface area (Å²) >= 11 is 1.44. The van der Waals surface area contributed by atoms with Crippen LogP contribution < -0.4 is 5.32 Å². The Hall–Kier alpha value is -2.25. The van der Waals surface area contributed by atoms with E-state index in [1.54, 1.807) is 31.2 Å². The molecule has 130 valence electrons. The molecule has 1 amide bonds. The Balaban J connectivity index is 1.70. The van der Waals surface area contributed by atoms with Gasteiger partial charge in [0.1, 0.15) is 0 Å². The highest BCUT2D eigenvalue weighted by atomic mass is 32.2. The lowest BCUT2D eigenvalue weighted by atomic mass is 10.1. The van der Waals surface area contributed by atoms with Gasteiger partial charge in [0, 0.05) is 0 Å². The number of amides is 1. The van der Waals surface area contributed by atoms with Gasteiger partial charge in [-0.2, -0.15) is 0 Å². The van der Waals surface area contributed by atoms with Gasteiger partial charge in [0.15, 0.2) is 15.0 Å². The van der Waals surface area contributed by atoms with Gasteiger partial charge in [-0.3, -0.25) is 4.79 Å². The maximum Gasteiger partial charge on any atom is 0.230 e. The minimum absolute atomic E-state index is 0.0594. The van der Waals surface area contributed by atoms with Crippen molar-refractivity contribution in [2.45, 2.75) is 25.2 Å². The highest BCUT2D eigenvalue weighted by molar-refractivity contribution is 7.91. The van der Waals surface area contributed by atoms with Crippen LogP contribution in [0.3, 0.4) is 0 Å². The van der Waals surface area contributed by atoms with Crippen LogP contribution in [-0.4, -0.2) is 25.1 Å². The van der Waals surface area contributed by atoms with Crippen LogP contribution in [0.25, 0.3) is 10.2 Å². The van der Waals surface area contributed by atoms with E-state index in [0.717, 1.165) is 21.3 Å². The summed E-state index contributed by atoms with van der Waals surface area (Å²) in [6, 6.07) is 12.4. The summed E-state index contributed by atoms with van der Waals surface area (Å²) in [6.45, 7) is 3.59. The molecule has 0 atom stereocenters. The van der Waals surface area contributed by atoms with E-state index in [1.165, 1.54) is 11.3 Å². The molecule has 3 rings (SSSR count). The lowest BCUT2D eigenvalue weighted by Gasteiger charge is -2.04. The van der Waals surface area contributed by atoms with Gasteiger partial charge in [0.2, 0.25) is 5.91 Å². The molecular weight excluding hydrogens is 356 g/mol. The van der Waals surface area contributed by atoms with Crippen molar-refractivity contribution < 1.29 is 13.2 Å². The van der Waals surface area contributed by atoms with Gasteiger partial charge in [0.05, 0.1) is 27.3 Å². The lowest BCUT2D eigenvalue weighted by Crippen LogP contribution is -2.14. The highest BCUT2D eigenvalue weighted by Gasteiger charge is 2.13. The Morgan fingerprint density at radius 2 is 1.88 bits per heavy atom. The van der Waals surface area contributed by atoms with Crippen molar-refractivity contribution in [1.82, 2.24) is 4.98 Å². The van der Waals surface area contributed by atoms with Crippen LogP contribution in [-0.2, 0) is 21.1 Å². The van der Waals surface area contributed by atoms with Gasteiger partial charge in [-0.25, -0.2) is 13.4 Å². The maximum atomic E-state index is 12.2. The molecule has 0 aliphatic carbocycles. The minimum Gasteiger partial charge on any atom is -0.302 e. The summed E-state index contributed by atoms with van der Waals surface area (Å²) in [5.74, 6) is -0.119. The molecule has 0 unspecified atom stereocenters. The summed E-state index contributed by atoms with van der Waals surface area (Å²) in [5.41, 5.74) is 2.73. The number of anilines is 1. The SMILES string of the molecule is CCS(=O)(=O)c1ccc(CC(=O)Nc2nc3c(C)cccc3s2)cc1. The molecule has 1 heterocycles. The second-order valence-corrected chi connectivity index (χ2v) is 9.02. The molecule has 1 N–H and O–H groups in total. The fourth-order valence-electron chi connectivity index (χ4n) is 2.47. The number of sulfone groups is 1. The summed E-state index contributed by atoms with van der Waals surface area (Å²) in [4.78, 5) is 17.0. The van der Waals surface area contributed by atoms with Crippen LogP contribution in [0.1, 0.15) is 18.1 Å². The molecule has 0 spiro atoms. The Labute approximate surface area is 150 Å². The Morgan fingerprint density at radius 3 is 2.52 bits per heavy atom. The van der Waals surface area contributed by atoms with Gasteiger partial charge in [-0.1, -0.05) is 42.5 Å². The minimum atomic E-state index is -3.22. The zero-order valence-electron chi connectivity index (χ0n) is 13.9. The summed E-state index contributed by atoms with van der Waals surface area (Å²) < 4.78 is 24.6. The quantitative estimate of drug-likeness (QED) is 0.741. The third kappa shape index (κ3) is 3.88. The Morgan fingerprint density at radius 1 is 1.16 bits per heavy atom. The molecule has 0 fully saturated rings. The predicted molar refractivity (Wildman–Crippen MR) is 101 cm³/mol. The van der Waals surface area contributed by atoms with E-state index < -0.39 is 9.84 Å². The van der Waals surface area contributed by atoms with Crippen LogP contribution in [0.5, 0.6) is 0 Å². The molecule has 1 aromatic heterocycles. The van der Waals surface area contributed by atoms with Crippen LogP contribution >= 0.6 is 11.3 Å². The standard InChI is InChI=1S/C18H18N2O3S2/c1-3-25(22,23)14-9-7-13(8-10-14)11-16(21)19-18-20-17-12(2)5-4-6-15(17)24-18/h4-10H,3,11H2,1-2H3,(H,19,20,21). The number of aromatic nitrogens is 1. The van der Waals surface area contributed by atoms with Gasteiger partial charge >= 0.3 is 0 Å². The number of carbonyl (C=O) groups excluding carboxylic acids is 1. The number of thiazole rings is 1. The zero-order valence-corrected chi connectivity index (χ0v) is 15.6. The molecule has 5 nitrogen and oxygen atoms in total. The first-order valence-electron chi connectivity index (χ1n) is 7.87. The van der Waals surface area contributed by atoms with Crippen LogP contribution in [0.2, 0.25) is 0 Å². The van der Waals surface area contributed by atoms with E-state index >= 15 is 0 Å². The predicted octanol–water partition coefficient (Wildman–Crippen LogP) is 3.58. The maximum absolute atomic E-state index is 12.2. The van der Waals surface area contributed by atoms with E-state index in [2.05, 4.69) is 10.3 Å². The molecule has 0 bridgehead atoms. The van der Waals surface area contributed by atoms with Crippen LogP contribution in [0.4, 0.5) is 5.13 Å². The van der Waals surface area contributed by atoms with Crippen LogP contribution in [0, 0.1) is 6.92 Å². The fraction of sp³-hybridized carbons (Fsp3) is 0.222. The van der Waals surface area contributed by atoms with Crippen molar-refractivity contribution in [3.63, 3.8) is 0 Å². The first-order valence-corrected chi connectivity index (χ1v) is 10.3. The summed E-state index contributed by atoms with van der Waals surface area (Å²) in [7, 11) is -3.22. The van der Waals surface area contributed by atoms with Crippen molar-refractivity contribution in [1.29, 1.82) is 0 Å². The first-order chi connectivity index (χ1) is 11.9. The van der Waals surface area contributed by atoms with E-state index in [9.17, 15) is 13.2 Å². The molecule has 25 heavy (non-hydrogen) atoms. The number of hydrogen-bond donors (Lipinski definition) is 1. The van der Waals surface area contributed by atoms with Gasteiger partial charge in [0.25, 0.3) is 0 Å². The van der Waals surface area contributed by atoms with Gasteiger partial charge in [-0.05, 0) is 36.2 Å². The summed E-state index contributed by atoms with van der Waals surface area (Å²) in [5, 5.41) is 3.38. The highest BCUT2D eigenvalue weighted by Crippen LogP contribution is 2.27. The first kappa shape index (κ1) is 17.6. The Kier molecular flexibility index (Phi) is 4.87. The number of carbonyl (C=O) groups is 1. The number of rotatable bonds is 5. The van der Waals surface area contributed by atoms with Gasteiger partial charge in [-0.15, -0.1) is 0 Å². The lowest BCUT2D eigenvalue weighted by molar-refractivity contribution is -0.115. The Bertz CT molecular complexity index is 1020. The largest absolute Gasteiger partial charge is 0.302 e. The number of hydrogen-bond acceptors (Lipinski definition) is 5. The van der Waals surface area contributed by atoms with Crippen LogP contribution in [0.15, 0.2) is 47.4 Å².